The van der Waals surface area contributed by atoms with Gasteiger partial charge in [-0.25, -0.2) is 21.9 Å². The predicted molar refractivity (Wildman–Crippen MR) is 94.1 cm³/mol. The molecule has 0 spiro atoms. The van der Waals surface area contributed by atoms with Gasteiger partial charge in [0.2, 0.25) is 10.0 Å². The number of hydrogen-bond donors (Lipinski definition) is 2. The fraction of sp³-hybridized carbons (Fsp3) is 0.278. The summed E-state index contributed by atoms with van der Waals surface area (Å²) in [4.78, 5) is 12.3. The van der Waals surface area contributed by atoms with Crippen LogP contribution in [0.1, 0.15) is 42.7 Å². The van der Waals surface area contributed by atoms with E-state index in [4.69, 9.17) is 0 Å². The van der Waals surface area contributed by atoms with Gasteiger partial charge in [-0.3, -0.25) is 4.79 Å². The molecule has 140 valence electrons. The summed E-state index contributed by atoms with van der Waals surface area (Å²) in [5.74, 6) is -2.40. The average molecular weight is 382 g/mol. The van der Waals surface area contributed by atoms with Crippen molar-refractivity contribution in [1.82, 2.24) is 10.0 Å². The molecule has 0 aliphatic carbocycles. The predicted octanol–water partition coefficient (Wildman–Crippen LogP) is 3.14. The first-order valence-corrected chi connectivity index (χ1v) is 9.46. The molecular weight excluding hydrogens is 362 g/mol. The number of benzene rings is 2. The van der Waals surface area contributed by atoms with Crippen LogP contribution in [0, 0.1) is 11.6 Å². The normalized spacial score (nSPS) is 12.8. The Morgan fingerprint density at radius 3 is 2.12 bits per heavy atom. The number of carbonyl (C=O) groups is 1. The lowest BCUT2D eigenvalue weighted by molar-refractivity contribution is 0.0939. The van der Waals surface area contributed by atoms with Crippen LogP contribution >= 0.6 is 0 Å². The average Bonchev–Trinajstić information content (AvgIpc) is 2.56. The Hall–Kier alpha value is -2.32. The molecular formula is C18H20F2N2O3S. The zero-order chi connectivity index (χ0) is 19.5. The van der Waals surface area contributed by atoms with Gasteiger partial charge in [-0.1, -0.05) is 6.07 Å². The summed E-state index contributed by atoms with van der Waals surface area (Å²) >= 11 is 0. The lowest BCUT2D eigenvalue weighted by Gasteiger charge is -2.15. The summed E-state index contributed by atoms with van der Waals surface area (Å²) in [5.41, 5.74) is 0.667. The Bertz CT molecular complexity index is 897. The van der Waals surface area contributed by atoms with Crippen molar-refractivity contribution in [3.05, 3.63) is 65.2 Å². The third-order valence-electron chi connectivity index (χ3n) is 3.61. The van der Waals surface area contributed by atoms with Crippen molar-refractivity contribution < 1.29 is 22.0 Å². The molecule has 0 aliphatic heterocycles. The first-order valence-electron chi connectivity index (χ1n) is 7.98. The molecule has 2 rings (SSSR count). The van der Waals surface area contributed by atoms with Crippen LogP contribution in [0.4, 0.5) is 8.78 Å². The van der Waals surface area contributed by atoms with Gasteiger partial charge in [0.25, 0.3) is 5.91 Å². The van der Waals surface area contributed by atoms with E-state index in [1.807, 2.05) is 0 Å². The first kappa shape index (κ1) is 20.0. The van der Waals surface area contributed by atoms with E-state index in [1.165, 1.54) is 30.3 Å². The highest BCUT2D eigenvalue weighted by atomic mass is 32.2. The van der Waals surface area contributed by atoms with Crippen molar-refractivity contribution >= 4 is 15.9 Å². The van der Waals surface area contributed by atoms with Gasteiger partial charge in [0.05, 0.1) is 10.9 Å². The summed E-state index contributed by atoms with van der Waals surface area (Å²) in [6, 6.07) is 8.05. The molecule has 0 bridgehead atoms. The molecule has 2 N–H and O–H groups in total. The van der Waals surface area contributed by atoms with Crippen LogP contribution in [-0.2, 0) is 10.0 Å². The molecule has 8 heteroatoms. The lowest BCUT2D eigenvalue weighted by Crippen LogP contribution is -2.30. The first-order chi connectivity index (χ1) is 12.1. The smallest absolute Gasteiger partial charge is 0.251 e. The largest absolute Gasteiger partial charge is 0.346 e. The maximum atomic E-state index is 13.3. The minimum atomic E-state index is -3.64. The molecule has 0 radical (unpaired) electrons. The van der Waals surface area contributed by atoms with Crippen LogP contribution < -0.4 is 10.0 Å². The van der Waals surface area contributed by atoms with E-state index < -0.39 is 33.6 Å². The van der Waals surface area contributed by atoms with E-state index in [0.29, 0.717) is 5.56 Å². The van der Waals surface area contributed by atoms with Gasteiger partial charge in [0.1, 0.15) is 0 Å². The van der Waals surface area contributed by atoms with Gasteiger partial charge in [0.15, 0.2) is 11.6 Å². The maximum absolute atomic E-state index is 13.3. The van der Waals surface area contributed by atoms with E-state index in [-0.39, 0.29) is 16.5 Å². The Balaban J connectivity index is 2.11. The van der Waals surface area contributed by atoms with Crippen molar-refractivity contribution in [3.8, 4) is 0 Å². The number of amides is 1. The fourth-order valence-corrected chi connectivity index (χ4v) is 3.56. The molecule has 26 heavy (non-hydrogen) atoms. The number of halogens is 2. The van der Waals surface area contributed by atoms with Crippen molar-refractivity contribution in [2.75, 3.05) is 0 Å². The minimum Gasteiger partial charge on any atom is -0.346 e. The molecule has 1 atom stereocenters. The van der Waals surface area contributed by atoms with Gasteiger partial charge in [0, 0.05) is 11.6 Å². The van der Waals surface area contributed by atoms with E-state index in [1.54, 1.807) is 20.8 Å². The van der Waals surface area contributed by atoms with Gasteiger partial charge in [-0.05, 0) is 62.7 Å². The standard InChI is InChI=1S/C18H20F2N2O3S/c1-11(2)22-26(24,25)15-7-4-13(5-8-15)18(23)21-12(3)14-6-9-16(19)17(20)10-14/h4-12,22H,1-3H3,(H,21,23)/t12-/m0/s1. The second-order valence-electron chi connectivity index (χ2n) is 6.17. The third kappa shape index (κ3) is 4.86. The molecule has 0 saturated carbocycles. The number of rotatable bonds is 6. The summed E-state index contributed by atoms with van der Waals surface area (Å²) in [6.07, 6.45) is 0. The second kappa shape index (κ2) is 7.92. The Morgan fingerprint density at radius 1 is 0.962 bits per heavy atom. The molecule has 5 nitrogen and oxygen atoms in total. The number of sulfonamides is 1. The quantitative estimate of drug-likeness (QED) is 0.806. The van der Waals surface area contributed by atoms with Crippen molar-refractivity contribution in [1.29, 1.82) is 0 Å². The number of hydrogen-bond acceptors (Lipinski definition) is 3. The van der Waals surface area contributed by atoms with Crippen molar-refractivity contribution in [2.45, 2.75) is 37.8 Å². The molecule has 2 aromatic rings. The number of carbonyl (C=O) groups excluding carboxylic acids is 1. The zero-order valence-corrected chi connectivity index (χ0v) is 15.4. The highest BCUT2D eigenvalue weighted by molar-refractivity contribution is 7.89. The van der Waals surface area contributed by atoms with Crippen LogP contribution in [0.2, 0.25) is 0 Å². The van der Waals surface area contributed by atoms with Gasteiger partial charge in [-0.2, -0.15) is 0 Å². The molecule has 0 fully saturated rings. The Morgan fingerprint density at radius 2 is 1.58 bits per heavy atom. The van der Waals surface area contributed by atoms with E-state index in [0.717, 1.165) is 12.1 Å². The molecule has 0 aromatic heterocycles. The number of nitrogens with one attached hydrogen (secondary N) is 2. The van der Waals surface area contributed by atoms with Crippen molar-refractivity contribution in [3.63, 3.8) is 0 Å². The highest BCUT2D eigenvalue weighted by Crippen LogP contribution is 2.17. The zero-order valence-electron chi connectivity index (χ0n) is 14.6. The fourth-order valence-electron chi connectivity index (χ4n) is 2.31. The lowest BCUT2D eigenvalue weighted by atomic mass is 10.1. The van der Waals surface area contributed by atoms with E-state index in [9.17, 15) is 22.0 Å². The van der Waals surface area contributed by atoms with E-state index >= 15 is 0 Å². The molecule has 0 aliphatic rings. The van der Waals surface area contributed by atoms with Gasteiger partial charge >= 0.3 is 0 Å². The summed E-state index contributed by atoms with van der Waals surface area (Å²) in [6.45, 7) is 5.05. The van der Waals surface area contributed by atoms with Crippen LogP contribution in [0.25, 0.3) is 0 Å². The topological polar surface area (TPSA) is 75.3 Å². The second-order valence-corrected chi connectivity index (χ2v) is 7.88. The monoisotopic (exact) mass is 382 g/mol. The van der Waals surface area contributed by atoms with Gasteiger partial charge in [-0.15, -0.1) is 0 Å². The molecule has 0 heterocycles. The molecule has 2 aromatic carbocycles. The SMILES string of the molecule is CC(C)NS(=O)(=O)c1ccc(C(=O)N[C@@H](C)c2ccc(F)c(F)c2)cc1. The summed E-state index contributed by atoms with van der Waals surface area (Å²) < 4.78 is 52.9. The van der Waals surface area contributed by atoms with Crippen molar-refractivity contribution in [2.24, 2.45) is 0 Å². The summed E-state index contributed by atoms with van der Waals surface area (Å²) in [7, 11) is -3.64. The molecule has 1 amide bonds. The maximum Gasteiger partial charge on any atom is 0.251 e. The highest BCUT2D eigenvalue weighted by Gasteiger charge is 2.17. The Labute approximate surface area is 151 Å². The van der Waals surface area contributed by atoms with Crippen LogP contribution in [0.5, 0.6) is 0 Å². The molecule has 0 saturated heterocycles. The van der Waals surface area contributed by atoms with Gasteiger partial charge < -0.3 is 5.32 Å². The minimum absolute atomic E-state index is 0.0522. The molecule has 0 unspecified atom stereocenters. The Kier molecular flexibility index (Phi) is 6.09. The van der Waals surface area contributed by atoms with E-state index in [2.05, 4.69) is 10.0 Å². The third-order valence-corrected chi connectivity index (χ3v) is 5.28. The van der Waals surface area contributed by atoms with Crippen LogP contribution in [0.3, 0.4) is 0 Å². The summed E-state index contributed by atoms with van der Waals surface area (Å²) in [5, 5.41) is 2.66. The van der Waals surface area contributed by atoms with Crippen LogP contribution in [-0.4, -0.2) is 20.4 Å². The van der Waals surface area contributed by atoms with Crippen LogP contribution in [0.15, 0.2) is 47.4 Å².